The fraction of sp³-hybridized carbons (Fsp3) is 0.250. The molecule has 156 valence electrons. The van der Waals surface area contributed by atoms with Crippen LogP contribution < -0.4 is 5.32 Å². The Balaban J connectivity index is 1.72. The van der Waals surface area contributed by atoms with Gasteiger partial charge in [0.25, 0.3) is 5.69 Å². The van der Waals surface area contributed by atoms with Crippen molar-refractivity contribution in [2.24, 2.45) is 5.41 Å². The number of allylic oxidation sites excluding steroid dienone is 2. The summed E-state index contributed by atoms with van der Waals surface area (Å²) in [6.07, 6.45) is 1.20. The van der Waals surface area contributed by atoms with Gasteiger partial charge in [-0.25, -0.2) is 0 Å². The molecule has 2 aliphatic rings. The highest BCUT2D eigenvalue weighted by molar-refractivity contribution is 6.02. The van der Waals surface area contributed by atoms with Crippen LogP contribution in [0, 0.1) is 15.5 Å². The number of aromatic nitrogens is 2. The number of nitrogens with zero attached hydrogens (tertiary/aromatic N) is 2. The van der Waals surface area contributed by atoms with Crippen LogP contribution in [0.25, 0.3) is 11.3 Å². The Kier molecular flexibility index (Phi) is 4.28. The van der Waals surface area contributed by atoms with Gasteiger partial charge in [0.05, 0.1) is 10.6 Å². The average molecular weight is 414 g/mol. The number of Topliss-reactive ketones (excluding diaryl/α,β-unsaturated/α-hetero) is 1. The van der Waals surface area contributed by atoms with Gasteiger partial charge >= 0.3 is 0 Å². The van der Waals surface area contributed by atoms with Crippen LogP contribution in [0.3, 0.4) is 0 Å². The maximum Gasteiger partial charge on any atom is 0.269 e. The van der Waals surface area contributed by atoms with E-state index >= 15 is 0 Å². The van der Waals surface area contributed by atoms with E-state index in [-0.39, 0.29) is 22.8 Å². The van der Waals surface area contributed by atoms with E-state index in [9.17, 15) is 14.9 Å². The van der Waals surface area contributed by atoms with Gasteiger partial charge in [-0.1, -0.05) is 56.3 Å². The van der Waals surface area contributed by atoms with Crippen LogP contribution >= 0.6 is 0 Å². The molecule has 0 spiro atoms. The van der Waals surface area contributed by atoms with E-state index in [0.717, 1.165) is 40.1 Å². The molecule has 7 nitrogen and oxygen atoms in total. The standard InChI is InChI=1S/C24H22N4O3/c1-24(2)12-17-20(18(29)13-24)19(14-8-10-16(11-9-14)28(30)31)21-22(26-27-23(21)25-17)15-6-4-3-5-7-15/h3-11,19H,12-13H2,1-2H3,(H2,25,26,27). The number of hydrogen-bond donors (Lipinski definition) is 2. The number of nitro groups is 1. The number of carbonyl (C=O) groups is 1. The molecule has 0 fully saturated rings. The number of anilines is 1. The van der Waals surface area contributed by atoms with E-state index in [1.54, 1.807) is 12.1 Å². The maximum absolute atomic E-state index is 13.3. The van der Waals surface area contributed by atoms with Crippen LogP contribution in [0.2, 0.25) is 0 Å². The Morgan fingerprint density at radius 2 is 1.77 bits per heavy atom. The highest BCUT2D eigenvalue weighted by Gasteiger charge is 2.42. The van der Waals surface area contributed by atoms with Crippen LogP contribution in [0.15, 0.2) is 65.9 Å². The number of ketones is 1. The SMILES string of the molecule is CC1(C)CC(=O)C2=C(C1)Nc1n[nH]c(-c3ccccc3)c1C2c1ccc([N+](=O)[O-])cc1. The number of hydrogen-bond acceptors (Lipinski definition) is 5. The van der Waals surface area contributed by atoms with Crippen molar-refractivity contribution in [2.45, 2.75) is 32.6 Å². The third kappa shape index (κ3) is 3.22. The normalized spacial score (nSPS) is 19.4. The predicted octanol–water partition coefficient (Wildman–Crippen LogP) is 5.19. The Labute approximate surface area is 179 Å². The number of aromatic amines is 1. The second-order valence-electron chi connectivity index (χ2n) is 8.97. The molecule has 31 heavy (non-hydrogen) atoms. The number of nitrogens with one attached hydrogen (secondary N) is 2. The lowest BCUT2D eigenvalue weighted by atomic mass is 9.69. The number of fused-ring (bicyclic) bond motifs is 1. The van der Waals surface area contributed by atoms with Gasteiger partial charge in [0.1, 0.15) is 0 Å². The summed E-state index contributed by atoms with van der Waals surface area (Å²) in [6.45, 7) is 4.18. The van der Waals surface area contributed by atoms with Crippen molar-refractivity contribution in [1.29, 1.82) is 0 Å². The molecule has 5 rings (SSSR count). The molecule has 2 aromatic carbocycles. The highest BCUT2D eigenvalue weighted by Crippen LogP contribution is 2.50. The average Bonchev–Trinajstić information content (AvgIpc) is 3.15. The molecule has 0 bridgehead atoms. The molecule has 1 aromatic heterocycles. The minimum atomic E-state index is -0.413. The monoisotopic (exact) mass is 414 g/mol. The Morgan fingerprint density at radius 1 is 1.06 bits per heavy atom. The van der Waals surface area contributed by atoms with Crippen LogP contribution in [-0.2, 0) is 4.79 Å². The van der Waals surface area contributed by atoms with Crippen molar-refractivity contribution < 1.29 is 9.72 Å². The van der Waals surface area contributed by atoms with Gasteiger partial charge in [-0.2, -0.15) is 5.10 Å². The first-order valence-electron chi connectivity index (χ1n) is 10.3. The first kappa shape index (κ1) is 19.2. The first-order valence-corrected chi connectivity index (χ1v) is 10.3. The summed E-state index contributed by atoms with van der Waals surface area (Å²) in [7, 11) is 0. The van der Waals surface area contributed by atoms with E-state index in [1.807, 2.05) is 30.3 Å². The Bertz CT molecular complexity index is 1220. The van der Waals surface area contributed by atoms with Gasteiger partial charge in [-0.05, 0) is 23.0 Å². The summed E-state index contributed by atoms with van der Waals surface area (Å²) in [5.74, 6) is 0.462. The van der Waals surface area contributed by atoms with E-state index in [0.29, 0.717) is 12.2 Å². The lowest BCUT2D eigenvalue weighted by Gasteiger charge is -2.38. The third-order valence-electron chi connectivity index (χ3n) is 6.07. The molecule has 1 aliphatic heterocycles. The molecular formula is C24H22N4O3. The van der Waals surface area contributed by atoms with E-state index in [2.05, 4.69) is 29.4 Å². The number of H-pyrrole nitrogens is 1. The van der Waals surface area contributed by atoms with Crippen molar-refractivity contribution in [3.05, 3.63) is 87.1 Å². The van der Waals surface area contributed by atoms with Gasteiger partial charge < -0.3 is 5.32 Å². The minimum absolute atomic E-state index is 0.0266. The van der Waals surface area contributed by atoms with Gasteiger partial charge in [0.2, 0.25) is 0 Å². The summed E-state index contributed by atoms with van der Waals surface area (Å²) in [6, 6.07) is 16.3. The molecule has 2 N–H and O–H groups in total. The summed E-state index contributed by atoms with van der Waals surface area (Å²) in [5, 5.41) is 22.2. The van der Waals surface area contributed by atoms with Gasteiger partial charge in [-0.15, -0.1) is 0 Å². The number of benzene rings is 2. The maximum atomic E-state index is 13.3. The molecule has 0 saturated heterocycles. The van der Waals surface area contributed by atoms with Crippen molar-refractivity contribution in [2.75, 3.05) is 5.32 Å². The van der Waals surface area contributed by atoms with E-state index < -0.39 is 4.92 Å². The first-order chi connectivity index (χ1) is 14.8. The molecule has 0 amide bonds. The molecule has 7 heteroatoms. The van der Waals surface area contributed by atoms with E-state index in [1.165, 1.54) is 12.1 Å². The van der Waals surface area contributed by atoms with Crippen LogP contribution in [0.4, 0.5) is 11.5 Å². The molecule has 0 saturated carbocycles. The van der Waals surface area contributed by atoms with Gasteiger partial charge in [0.15, 0.2) is 11.6 Å². The summed E-state index contributed by atoms with van der Waals surface area (Å²) >= 11 is 0. The number of non-ortho nitro benzene ring substituents is 1. The van der Waals surface area contributed by atoms with Gasteiger partial charge in [-0.3, -0.25) is 20.0 Å². The Hall–Kier alpha value is -3.74. The smallest absolute Gasteiger partial charge is 0.269 e. The van der Waals surface area contributed by atoms with Gasteiger partial charge in [0, 0.05) is 41.3 Å². The molecular weight excluding hydrogens is 392 g/mol. The fourth-order valence-corrected chi connectivity index (χ4v) is 4.74. The number of nitro benzene ring substituents is 1. The van der Waals surface area contributed by atoms with Crippen molar-refractivity contribution >= 4 is 17.3 Å². The predicted molar refractivity (Wildman–Crippen MR) is 118 cm³/mol. The second-order valence-corrected chi connectivity index (χ2v) is 8.97. The lowest BCUT2D eigenvalue weighted by molar-refractivity contribution is -0.384. The molecule has 0 radical (unpaired) electrons. The van der Waals surface area contributed by atoms with Crippen LogP contribution in [0.5, 0.6) is 0 Å². The molecule has 3 aromatic rings. The molecule has 1 aliphatic carbocycles. The number of rotatable bonds is 3. The quantitative estimate of drug-likeness (QED) is 0.454. The number of carbonyl (C=O) groups excluding carboxylic acids is 1. The Morgan fingerprint density at radius 3 is 2.45 bits per heavy atom. The van der Waals surface area contributed by atoms with Crippen molar-refractivity contribution in [3.63, 3.8) is 0 Å². The summed E-state index contributed by atoms with van der Waals surface area (Å²) in [4.78, 5) is 24.1. The summed E-state index contributed by atoms with van der Waals surface area (Å²) in [5.41, 5.74) is 5.06. The third-order valence-corrected chi connectivity index (χ3v) is 6.07. The topological polar surface area (TPSA) is 101 Å². The zero-order valence-corrected chi connectivity index (χ0v) is 17.3. The molecule has 1 atom stereocenters. The molecule has 2 heterocycles. The van der Waals surface area contributed by atoms with Crippen molar-refractivity contribution in [1.82, 2.24) is 10.2 Å². The van der Waals surface area contributed by atoms with Crippen molar-refractivity contribution in [3.8, 4) is 11.3 Å². The van der Waals surface area contributed by atoms with E-state index in [4.69, 9.17) is 0 Å². The highest BCUT2D eigenvalue weighted by atomic mass is 16.6. The second kappa shape index (κ2) is 6.91. The largest absolute Gasteiger partial charge is 0.342 e. The molecule has 1 unspecified atom stereocenters. The summed E-state index contributed by atoms with van der Waals surface area (Å²) < 4.78 is 0. The fourth-order valence-electron chi connectivity index (χ4n) is 4.74. The lowest BCUT2D eigenvalue weighted by Crippen LogP contribution is -2.33. The van der Waals surface area contributed by atoms with Crippen LogP contribution in [0.1, 0.15) is 43.7 Å². The minimum Gasteiger partial charge on any atom is -0.342 e. The zero-order valence-electron chi connectivity index (χ0n) is 17.3. The zero-order chi connectivity index (χ0) is 21.8. The van der Waals surface area contributed by atoms with Crippen LogP contribution in [-0.4, -0.2) is 20.9 Å².